The third-order valence-electron chi connectivity index (χ3n) is 14.3. The Morgan fingerprint density at radius 3 is 2.25 bits per heavy atom. The summed E-state index contributed by atoms with van der Waals surface area (Å²) in [6.45, 7) is 13.5. The summed E-state index contributed by atoms with van der Waals surface area (Å²) in [5.41, 5.74) is 1.18. The van der Waals surface area contributed by atoms with Crippen molar-refractivity contribution in [2.45, 2.75) is 179 Å². The zero-order chi connectivity index (χ0) is 46.9. The standard InChI is InChI=1S/C49H75NO14/c1-10-13-34-21-28(2)20-29(3)22-41(59-8)45-42(60-9)24-31(5)49(57,64-45)46(54)47(55)50-19-12-11-14-36(50)48(56)63-44(32(6)37(51)26-38(34)52)30(4)23-33-15-17-39(40(25-33)58-7)61-27-35-16-18-43(53)62-35/h10,21,23,28-29,31-33,35-37,39-42,44-45,51,57H,1,11-20,22,24-27H2,2-9H3/t28?,29-,31+,32+,33-,35+,36-,37-,39+,40+,41-,42-,44+,45?,49+/m0/s1. The van der Waals surface area contributed by atoms with Gasteiger partial charge in [0.15, 0.2) is 5.78 Å². The molecule has 1 amide bonds. The van der Waals surface area contributed by atoms with Gasteiger partial charge in [0.2, 0.25) is 5.79 Å². The van der Waals surface area contributed by atoms with Crippen molar-refractivity contribution < 1.29 is 67.3 Å². The van der Waals surface area contributed by atoms with Crippen LogP contribution in [0.15, 0.2) is 36.0 Å². The summed E-state index contributed by atoms with van der Waals surface area (Å²) in [6, 6.07) is -1.16. The normalized spacial score (nSPS) is 39.3. The number of aliphatic hydroxyl groups excluding tert-OH is 1. The van der Waals surface area contributed by atoms with Crippen molar-refractivity contribution >= 4 is 29.4 Å². The van der Waals surface area contributed by atoms with E-state index in [1.165, 1.54) is 19.1 Å². The van der Waals surface area contributed by atoms with Crippen LogP contribution < -0.4 is 0 Å². The van der Waals surface area contributed by atoms with E-state index in [-0.39, 0.29) is 73.6 Å². The van der Waals surface area contributed by atoms with Gasteiger partial charge in [-0.2, -0.15) is 0 Å². The first-order chi connectivity index (χ1) is 30.4. The lowest BCUT2D eigenvalue weighted by atomic mass is 9.81. The fraction of sp³-hybridized carbons (Fsp3) is 0.776. The molecule has 64 heavy (non-hydrogen) atoms. The quantitative estimate of drug-likeness (QED) is 0.162. The number of Topliss-reactive ketones (excluding diaryl/α,β-unsaturated/α-hetero) is 2. The summed E-state index contributed by atoms with van der Waals surface area (Å²) < 4.78 is 41.8. The molecule has 4 heterocycles. The van der Waals surface area contributed by atoms with E-state index in [1.54, 1.807) is 27.0 Å². The summed E-state index contributed by atoms with van der Waals surface area (Å²) >= 11 is 0. The Morgan fingerprint density at radius 2 is 1.59 bits per heavy atom. The highest BCUT2D eigenvalue weighted by Crippen LogP contribution is 2.39. The molecule has 0 spiro atoms. The summed E-state index contributed by atoms with van der Waals surface area (Å²) in [6.07, 6.45) is 6.26. The van der Waals surface area contributed by atoms with E-state index in [4.69, 9.17) is 33.2 Å². The Balaban J connectivity index is 1.48. The molecule has 0 aromatic carbocycles. The number of amides is 1. The third kappa shape index (κ3) is 12.6. The minimum absolute atomic E-state index is 0.0159. The van der Waals surface area contributed by atoms with Crippen molar-refractivity contribution in [3.8, 4) is 0 Å². The maximum atomic E-state index is 14.5. The molecule has 2 bridgehead atoms. The SMILES string of the molecule is C=CCC1=CC(C)C[C@H](C)C[C@H](OC)C2O[C@@](O)(C(=O)C(=O)N3CCCC[C@H]3C(=O)O[C@H](C(C)=C[C@@H]3CC[C@@H](OC[C@H]4CCC(=O)O4)[C@H](OC)C3)[C@H](C)[C@@H](O)CC1=O)[C@H](C)C[C@@H]2OC. The lowest BCUT2D eigenvalue weighted by molar-refractivity contribution is -0.302. The van der Waals surface area contributed by atoms with Crippen LogP contribution in [0.5, 0.6) is 0 Å². The van der Waals surface area contributed by atoms with Crippen molar-refractivity contribution in [2.24, 2.45) is 29.6 Å². The van der Waals surface area contributed by atoms with Gasteiger partial charge in [-0.1, -0.05) is 45.9 Å². The Bertz CT molecular complexity index is 1710. The van der Waals surface area contributed by atoms with Gasteiger partial charge in [-0.05, 0) is 106 Å². The molecule has 4 fully saturated rings. The molecule has 0 aromatic rings. The van der Waals surface area contributed by atoms with Crippen LogP contribution in [0, 0.1) is 29.6 Å². The van der Waals surface area contributed by atoms with Crippen LogP contribution >= 0.6 is 0 Å². The summed E-state index contributed by atoms with van der Waals surface area (Å²) in [5, 5.41) is 23.9. The van der Waals surface area contributed by atoms with Gasteiger partial charge in [0.25, 0.3) is 11.7 Å². The Kier molecular flexibility index (Phi) is 18.9. The van der Waals surface area contributed by atoms with Gasteiger partial charge in [-0.3, -0.25) is 19.2 Å². The molecule has 5 rings (SSSR count). The monoisotopic (exact) mass is 902 g/mol. The number of aliphatic hydroxyl groups is 2. The average Bonchev–Trinajstić information content (AvgIpc) is 3.70. The zero-order valence-electron chi connectivity index (χ0n) is 39.4. The maximum absolute atomic E-state index is 14.5. The average molecular weight is 902 g/mol. The third-order valence-corrected chi connectivity index (χ3v) is 14.3. The first-order valence-electron chi connectivity index (χ1n) is 23.5. The molecule has 1 saturated carbocycles. The molecule has 4 aliphatic heterocycles. The van der Waals surface area contributed by atoms with Crippen molar-refractivity contribution in [3.05, 3.63) is 36.0 Å². The van der Waals surface area contributed by atoms with E-state index in [1.807, 2.05) is 26.0 Å². The Morgan fingerprint density at radius 1 is 0.891 bits per heavy atom. The number of cyclic esters (lactones) is 2. The molecule has 15 atom stereocenters. The number of piperidine rings is 1. The number of ketones is 2. The van der Waals surface area contributed by atoms with Gasteiger partial charge in [0.05, 0.1) is 37.1 Å². The molecular weight excluding hydrogens is 827 g/mol. The largest absolute Gasteiger partial charge is 0.460 e. The highest BCUT2D eigenvalue weighted by molar-refractivity contribution is 6.39. The number of hydrogen-bond donors (Lipinski definition) is 2. The Hall–Kier alpha value is -3.31. The number of nitrogens with zero attached hydrogens (tertiary/aromatic N) is 1. The van der Waals surface area contributed by atoms with Crippen LogP contribution in [0.1, 0.15) is 118 Å². The summed E-state index contributed by atoms with van der Waals surface area (Å²) in [7, 11) is 4.69. The van der Waals surface area contributed by atoms with Crippen molar-refractivity contribution in [1.29, 1.82) is 0 Å². The number of ether oxygens (including phenoxy) is 7. The zero-order valence-corrected chi connectivity index (χ0v) is 39.4. The number of hydrogen-bond acceptors (Lipinski definition) is 14. The van der Waals surface area contributed by atoms with Gasteiger partial charge in [-0.15, -0.1) is 6.58 Å². The molecule has 360 valence electrons. The molecule has 2 unspecified atom stereocenters. The molecule has 15 nitrogen and oxygen atoms in total. The van der Waals surface area contributed by atoms with E-state index < -0.39 is 71.8 Å². The van der Waals surface area contributed by atoms with Crippen LogP contribution in [0.3, 0.4) is 0 Å². The predicted octanol–water partition coefficient (Wildman–Crippen LogP) is 5.37. The van der Waals surface area contributed by atoms with Crippen LogP contribution in [-0.2, 0) is 57.1 Å². The van der Waals surface area contributed by atoms with Crippen LogP contribution in [0.2, 0.25) is 0 Å². The number of carbonyl (C=O) groups excluding carboxylic acids is 5. The van der Waals surface area contributed by atoms with Gasteiger partial charge >= 0.3 is 11.9 Å². The molecule has 1 aliphatic carbocycles. The highest BCUT2D eigenvalue weighted by atomic mass is 16.7. The topological polar surface area (TPSA) is 194 Å². The molecule has 15 heteroatoms. The molecule has 5 aliphatic rings. The Labute approximate surface area is 379 Å². The number of methoxy groups -OCH3 is 3. The summed E-state index contributed by atoms with van der Waals surface area (Å²) in [5.74, 6) is -7.63. The van der Waals surface area contributed by atoms with Crippen molar-refractivity contribution in [3.63, 3.8) is 0 Å². The maximum Gasteiger partial charge on any atom is 0.329 e. The minimum Gasteiger partial charge on any atom is -0.460 e. The molecule has 2 N–H and O–H groups in total. The van der Waals surface area contributed by atoms with E-state index in [2.05, 4.69) is 13.5 Å². The first-order valence-corrected chi connectivity index (χ1v) is 23.5. The summed E-state index contributed by atoms with van der Waals surface area (Å²) in [4.78, 5) is 70.0. The van der Waals surface area contributed by atoms with Gasteiger partial charge in [0.1, 0.15) is 24.4 Å². The molecule has 3 saturated heterocycles. The van der Waals surface area contributed by atoms with Crippen molar-refractivity contribution in [2.75, 3.05) is 34.5 Å². The molecular formula is C49H75NO14. The van der Waals surface area contributed by atoms with Crippen LogP contribution in [0.25, 0.3) is 0 Å². The second-order valence-corrected chi connectivity index (χ2v) is 19.2. The predicted molar refractivity (Wildman–Crippen MR) is 235 cm³/mol. The highest BCUT2D eigenvalue weighted by Gasteiger charge is 2.56. The fourth-order valence-corrected chi connectivity index (χ4v) is 10.5. The second-order valence-electron chi connectivity index (χ2n) is 19.2. The van der Waals surface area contributed by atoms with Gasteiger partial charge in [0, 0.05) is 52.6 Å². The molecule has 0 aromatic heterocycles. The van der Waals surface area contributed by atoms with Crippen LogP contribution in [-0.4, -0.2) is 140 Å². The fourth-order valence-electron chi connectivity index (χ4n) is 10.5. The van der Waals surface area contributed by atoms with Gasteiger partial charge < -0.3 is 48.3 Å². The van der Waals surface area contributed by atoms with Crippen LogP contribution in [0.4, 0.5) is 0 Å². The first kappa shape index (κ1) is 51.7. The molecule has 0 radical (unpaired) electrons. The number of carbonyl (C=O) groups is 5. The lowest BCUT2D eigenvalue weighted by Gasteiger charge is -2.47. The lowest BCUT2D eigenvalue weighted by Crippen LogP contribution is -2.64. The van der Waals surface area contributed by atoms with Crippen molar-refractivity contribution in [1.82, 2.24) is 4.90 Å². The number of esters is 2. The van der Waals surface area contributed by atoms with E-state index in [0.717, 1.165) is 6.42 Å². The number of rotatable bonds is 10. The van der Waals surface area contributed by atoms with E-state index >= 15 is 0 Å². The van der Waals surface area contributed by atoms with Gasteiger partial charge in [-0.25, -0.2) is 4.79 Å². The van der Waals surface area contributed by atoms with E-state index in [0.29, 0.717) is 75.5 Å². The number of allylic oxidation sites excluding steroid dienone is 4. The second kappa shape index (κ2) is 23.4. The smallest absolute Gasteiger partial charge is 0.329 e. The van der Waals surface area contributed by atoms with E-state index in [9.17, 15) is 34.2 Å². The number of fused-ring (bicyclic) bond motifs is 3. The minimum atomic E-state index is -2.52.